The summed E-state index contributed by atoms with van der Waals surface area (Å²) in [7, 11) is 0. The molecule has 0 aliphatic heterocycles. The molecule has 0 aromatic carbocycles. The molecule has 0 aliphatic carbocycles. The standard InChI is InChI=1S/C11H8ClN/c1-4-8-7-9(5-2)11(12)13-10(8)6-3/h2,4,6-7H,1,3H2. The predicted molar refractivity (Wildman–Crippen MR) is 57.4 cm³/mol. The number of hydrogen-bond acceptors (Lipinski definition) is 1. The smallest absolute Gasteiger partial charge is 0.145 e. The molecule has 1 heterocycles. The van der Waals surface area contributed by atoms with Gasteiger partial charge >= 0.3 is 0 Å². The minimum atomic E-state index is 0.322. The van der Waals surface area contributed by atoms with Crippen LogP contribution in [0.25, 0.3) is 12.2 Å². The van der Waals surface area contributed by atoms with Crippen LogP contribution in [0.4, 0.5) is 0 Å². The second-order valence-electron chi connectivity index (χ2n) is 2.35. The second kappa shape index (κ2) is 3.93. The summed E-state index contributed by atoms with van der Waals surface area (Å²) in [5.41, 5.74) is 2.11. The summed E-state index contributed by atoms with van der Waals surface area (Å²) >= 11 is 5.80. The van der Waals surface area contributed by atoms with Crippen molar-refractivity contribution in [3.63, 3.8) is 0 Å². The summed E-state index contributed by atoms with van der Waals surface area (Å²) in [5.74, 6) is 2.44. The minimum absolute atomic E-state index is 0.322. The fourth-order valence-corrected chi connectivity index (χ4v) is 1.15. The third-order valence-corrected chi connectivity index (χ3v) is 1.89. The van der Waals surface area contributed by atoms with Gasteiger partial charge in [-0.25, -0.2) is 4.98 Å². The van der Waals surface area contributed by atoms with Crippen molar-refractivity contribution in [2.24, 2.45) is 0 Å². The van der Waals surface area contributed by atoms with Gasteiger partial charge in [0.1, 0.15) is 5.15 Å². The molecule has 0 aliphatic rings. The van der Waals surface area contributed by atoms with Crippen molar-refractivity contribution in [1.29, 1.82) is 0 Å². The quantitative estimate of drug-likeness (QED) is 0.515. The molecule has 2 heteroatoms. The van der Waals surface area contributed by atoms with Crippen molar-refractivity contribution in [3.05, 3.63) is 41.2 Å². The summed E-state index contributed by atoms with van der Waals surface area (Å²) in [5, 5.41) is 0.322. The summed E-state index contributed by atoms with van der Waals surface area (Å²) in [4.78, 5) is 4.07. The Bertz CT molecular complexity index is 399. The van der Waals surface area contributed by atoms with Crippen molar-refractivity contribution in [2.75, 3.05) is 0 Å². The Balaban J connectivity index is 3.45. The molecule has 1 rings (SSSR count). The van der Waals surface area contributed by atoms with Gasteiger partial charge in [-0.05, 0) is 12.1 Å². The zero-order valence-electron chi connectivity index (χ0n) is 7.05. The number of aromatic nitrogens is 1. The molecule has 0 bridgehead atoms. The first-order valence-electron chi connectivity index (χ1n) is 3.65. The lowest BCUT2D eigenvalue weighted by atomic mass is 10.1. The van der Waals surface area contributed by atoms with E-state index >= 15 is 0 Å². The van der Waals surface area contributed by atoms with Gasteiger partial charge in [0.15, 0.2) is 0 Å². The van der Waals surface area contributed by atoms with Gasteiger partial charge in [0.25, 0.3) is 0 Å². The summed E-state index contributed by atoms with van der Waals surface area (Å²) < 4.78 is 0. The average Bonchev–Trinajstić information content (AvgIpc) is 2.17. The Labute approximate surface area is 82.8 Å². The number of rotatable bonds is 2. The van der Waals surface area contributed by atoms with Gasteiger partial charge in [0.05, 0.1) is 11.3 Å². The Morgan fingerprint density at radius 2 is 2.15 bits per heavy atom. The lowest BCUT2D eigenvalue weighted by molar-refractivity contribution is 1.27. The second-order valence-corrected chi connectivity index (χ2v) is 2.71. The van der Waals surface area contributed by atoms with Gasteiger partial charge in [-0.15, -0.1) is 6.42 Å². The highest BCUT2D eigenvalue weighted by molar-refractivity contribution is 6.30. The zero-order chi connectivity index (χ0) is 9.84. The topological polar surface area (TPSA) is 12.9 Å². The van der Waals surface area contributed by atoms with Crippen molar-refractivity contribution in [3.8, 4) is 12.3 Å². The van der Waals surface area contributed by atoms with Crippen LogP contribution in [0.2, 0.25) is 5.15 Å². The molecule has 0 saturated heterocycles. The van der Waals surface area contributed by atoms with Crippen LogP contribution >= 0.6 is 11.6 Å². The van der Waals surface area contributed by atoms with Gasteiger partial charge in [-0.3, -0.25) is 0 Å². The monoisotopic (exact) mass is 189 g/mol. The van der Waals surface area contributed by atoms with E-state index in [2.05, 4.69) is 24.1 Å². The zero-order valence-corrected chi connectivity index (χ0v) is 7.80. The van der Waals surface area contributed by atoms with Gasteiger partial charge in [0.2, 0.25) is 0 Å². The molecule has 1 aromatic rings. The Kier molecular flexibility index (Phi) is 2.89. The van der Waals surface area contributed by atoms with Gasteiger partial charge < -0.3 is 0 Å². The largest absolute Gasteiger partial charge is 0.235 e. The van der Waals surface area contributed by atoms with Crippen molar-refractivity contribution < 1.29 is 0 Å². The van der Waals surface area contributed by atoms with Crippen LogP contribution in [0, 0.1) is 12.3 Å². The molecule has 1 aromatic heterocycles. The number of hydrogen-bond donors (Lipinski definition) is 0. The number of halogens is 1. The maximum absolute atomic E-state index is 5.80. The molecule has 0 spiro atoms. The van der Waals surface area contributed by atoms with E-state index in [1.165, 1.54) is 0 Å². The molecule has 0 fully saturated rings. The summed E-state index contributed by atoms with van der Waals surface area (Å²) in [6.45, 7) is 7.26. The maximum atomic E-state index is 5.80. The molecule has 0 unspecified atom stereocenters. The molecule has 64 valence electrons. The normalized spacial score (nSPS) is 8.92. The Hall–Kier alpha value is -1.52. The fraction of sp³-hybridized carbons (Fsp3) is 0. The molecule has 13 heavy (non-hydrogen) atoms. The van der Waals surface area contributed by atoms with Gasteiger partial charge in [0, 0.05) is 5.56 Å². The third-order valence-electron chi connectivity index (χ3n) is 1.61. The van der Waals surface area contributed by atoms with Crippen LogP contribution in [-0.4, -0.2) is 4.98 Å². The van der Waals surface area contributed by atoms with Gasteiger partial charge in [-0.2, -0.15) is 0 Å². The van der Waals surface area contributed by atoms with E-state index in [-0.39, 0.29) is 0 Å². The SMILES string of the molecule is C#Cc1cc(C=C)c(C=C)nc1Cl. The highest BCUT2D eigenvalue weighted by atomic mass is 35.5. The lowest BCUT2D eigenvalue weighted by Gasteiger charge is -2.02. The summed E-state index contributed by atoms with van der Waals surface area (Å²) in [6, 6.07) is 1.76. The lowest BCUT2D eigenvalue weighted by Crippen LogP contribution is -1.90. The molecule has 0 saturated carbocycles. The molecular weight excluding hydrogens is 182 g/mol. The van der Waals surface area contributed by atoms with E-state index < -0.39 is 0 Å². The van der Waals surface area contributed by atoms with Crippen molar-refractivity contribution >= 4 is 23.8 Å². The van der Waals surface area contributed by atoms with Crippen LogP contribution in [0.5, 0.6) is 0 Å². The Morgan fingerprint density at radius 1 is 1.46 bits per heavy atom. The average molecular weight is 190 g/mol. The van der Waals surface area contributed by atoms with Crippen molar-refractivity contribution in [2.45, 2.75) is 0 Å². The highest BCUT2D eigenvalue weighted by Gasteiger charge is 2.03. The first-order valence-corrected chi connectivity index (χ1v) is 4.02. The fourth-order valence-electron chi connectivity index (χ4n) is 0.948. The van der Waals surface area contributed by atoms with E-state index in [4.69, 9.17) is 18.0 Å². The van der Waals surface area contributed by atoms with Crippen LogP contribution < -0.4 is 0 Å². The van der Waals surface area contributed by atoms with E-state index in [0.29, 0.717) is 16.4 Å². The molecule has 0 atom stereocenters. The minimum Gasteiger partial charge on any atom is -0.235 e. The van der Waals surface area contributed by atoms with Gasteiger partial charge in [-0.1, -0.05) is 36.8 Å². The van der Waals surface area contributed by atoms with Crippen LogP contribution in [0.3, 0.4) is 0 Å². The molecule has 0 N–H and O–H groups in total. The van der Waals surface area contributed by atoms with E-state index in [1.54, 1.807) is 18.2 Å². The van der Waals surface area contributed by atoms with E-state index in [0.717, 1.165) is 5.56 Å². The van der Waals surface area contributed by atoms with Crippen molar-refractivity contribution in [1.82, 2.24) is 4.98 Å². The highest BCUT2D eigenvalue weighted by Crippen LogP contribution is 2.18. The van der Waals surface area contributed by atoms with Crippen LogP contribution in [0.15, 0.2) is 19.2 Å². The third kappa shape index (κ3) is 1.80. The van der Waals surface area contributed by atoms with Crippen LogP contribution in [-0.2, 0) is 0 Å². The maximum Gasteiger partial charge on any atom is 0.145 e. The predicted octanol–water partition coefficient (Wildman–Crippen LogP) is 3.00. The molecule has 0 amide bonds. The molecule has 0 radical (unpaired) electrons. The number of terminal acetylenes is 1. The Morgan fingerprint density at radius 3 is 2.62 bits per heavy atom. The van der Waals surface area contributed by atoms with E-state index in [1.807, 2.05) is 0 Å². The summed E-state index contributed by atoms with van der Waals surface area (Å²) in [6.07, 6.45) is 8.51. The molecular formula is C11H8ClN. The first-order chi connectivity index (χ1) is 6.22. The number of nitrogens with zero attached hydrogens (tertiary/aromatic N) is 1. The van der Waals surface area contributed by atoms with Crippen LogP contribution in [0.1, 0.15) is 16.8 Å². The van der Waals surface area contributed by atoms with E-state index in [9.17, 15) is 0 Å². The molecule has 1 nitrogen and oxygen atoms in total. The number of pyridine rings is 1. The first kappa shape index (κ1) is 9.57.